The molecule has 19 heteroatoms. The van der Waals surface area contributed by atoms with E-state index in [9.17, 15) is 66.8 Å². The Morgan fingerprint density at radius 1 is 0.545 bits per heavy atom. The van der Waals surface area contributed by atoms with E-state index in [0.717, 1.165) is 0 Å². The molecule has 0 fully saturated rings. The number of ether oxygens (including phenoxy) is 1. The molecule has 0 atom stereocenters. The van der Waals surface area contributed by atoms with Gasteiger partial charge in [-0.05, 0) is 24.3 Å². The molecule has 2 aromatic rings. The summed E-state index contributed by atoms with van der Waals surface area (Å²) < 4.78 is 82.9. The average Bonchev–Trinajstić information content (AvgIpc) is 2.64. The van der Waals surface area contributed by atoms with Crippen molar-refractivity contribution in [3.05, 3.63) is 75.8 Å². The van der Waals surface area contributed by atoms with Crippen LogP contribution in [0.5, 0.6) is 11.5 Å². The van der Waals surface area contributed by atoms with Crippen LogP contribution in [0.2, 0.25) is 0 Å². The third-order valence-electron chi connectivity index (χ3n) is 3.79. The smallest absolute Gasteiger partial charge is 0.423 e. The Kier molecular flexibility index (Phi) is 6.11. The summed E-state index contributed by atoms with van der Waals surface area (Å²) in [6, 6.07) is 0.179. The van der Waals surface area contributed by atoms with E-state index in [1.807, 2.05) is 0 Å². The molecule has 13 nitrogen and oxygen atoms in total. The van der Waals surface area contributed by atoms with Gasteiger partial charge in [0.2, 0.25) is 11.5 Å². The molecular weight excluding hydrogens is 482 g/mol. The minimum atomic E-state index is -5.47. The summed E-state index contributed by atoms with van der Waals surface area (Å²) in [7, 11) is 0. The topological polar surface area (TPSA) is 182 Å². The van der Waals surface area contributed by atoms with E-state index in [1.165, 1.54) is 0 Å². The van der Waals surface area contributed by atoms with E-state index >= 15 is 0 Å². The second kappa shape index (κ2) is 8.16. The normalized spacial score (nSPS) is 11.7. The van der Waals surface area contributed by atoms with Gasteiger partial charge in [0.05, 0.1) is 19.7 Å². The number of nitro benzene ring substituents is 4. The molecule has 0 aliphatic carbocycles. The van der Waals surface area contributed by atoms with Crippen LogP contribution in [0.4, 0.5) is 49.1 Å². The van der Waals surface area contributed by atoms with Gasteiger partial charge in [0.15, 0.2) is 0 Å². The van der Waals surface area contributed by atoms with Crippen molar-refractivity contribution >= 4 is 22.7 Å². The van der Waals surface area contributed by atoms with Crippen LogP contribution < -0.4 is 4.74 Å². The number of nitro groups is 4. The Labute approximate surface area is 174 Å². The lowest BCUT2D eigenvalue weighted by molar-refractivity contribution is -0.426. The molecule has 0 saturated carbocycles. The molecule has 0 heterocycles. The van der Waals surface area contributed by atoms with E-state index in [4.69, 9.17) is 0 Å². The quantitative estimate of drug-likeness (QED) is 0.303. The highest BCUT2D eigenvalue weighted by Crippen LogP contribution is 2.50. The maximum atomic E-state index is 13.0. The first-order chi connectivity index (χ1) is 15.0. The molecule has 0 unspecified atom stereocenters. The predicted octanol–water partition coefficient (Wildman–Crippen LogP) is 5.15. The highest BCUT2D eigenvalue weighted by Gasteiger charge is 2.48. The molecule has 0 bridgehead atoms. The second-order valence-corrected chi connectivity index (χ2v) is 5.74. The van der Waals surface area contributed by atoms with Gasteiger partial charge in [-0.15, -0.1) is 0 Å². The maximum Gasteiger partial charge on any atom is 0.423 e. The molecule has 0 aliphatic rings. The molecule has 33 heavy (non-hydrogen) atoms. The molecule has 0 spiro atoms. The van der Waals surface area contributed by atoms with Crippen LogP contribution in [0.15, 0.2) is 24.3 Å². The fraction of sp³-hybridized carbons (Fsp3) is 0.143. The van der Waals surface area contributed by atoms with Gasteiger partial charge in [-0.25, -0.2) is 0 Å². The van der Waals surface area contributed by atoms with Crippen LogP contribution in [0, 0.1) is 40.5 Å². The minimum Gasteiger partial charge on any atom is -0.442 e. The third kappa shape index (κ3) is 4.70. The first kappa shape index (κ1) is 24.7. The van der Waals surface area contributed by atoms with E-state index in [-0.39, 0.29) is 24.3 Å². The summed E-state index contributed by atoms with van der Waals surface area (Å²) in [6.45, 7) is 0. The lowest BCUT2D eigenvalue weighted by atomic mass is 10.1. The van der Waals surface area contributed by atoms with Gasteiger partial charge in [0.1, 0.15) is 11.1 Å². The molecule has 0 aliphatic heterocycles. The molecule has 0 amide bonds. The molecular formula is C14H4F6N4O9. The first-order valence-electron chi connectivity index (χ1n) is 7.72. The fourth-order valence-electron chi connectivity index (χ4n) is 2.59. The summed E-state index contributed by atoms with van der Waals surface area (Å²) in [5, 5.41) is 44.7. The minimum absolute atomic E-state index is 0.0508. The van der Waals surface area contributed by atoms with Gasteiger partial charge in [-0.3, -0.25) is 40.5 Å². The zero-order chi connectivity index (χ0) is 25.5. The van der Waals surface area contributed by atoms with E-state index in [1.54, 1.807) is 0 Å². The lowest BCUT2D eigenvalue weighted by Crippen LogP contribution is -2.12. The molecule has 0 saturated heterocycles. The monoisotopic (exact) mass is 486 g/mol. The first-order valence-corrected chi connectivity index (χ1v) is 7.72. The number of rotatable bonds is 6. The summed E-state index contributed by atoms with van der Waals surface area (Å²) in [6.07, 6.45) is -10.9. The SMILES string of the molecule is O=[N+]([O-])c1c(Oc2ccc(C(F)(F)F)c([N+](=O)[O-])c2[N+](=O)[O-])ccc(C(F)(F)F)c1[N+](=O)[O-]. The van der Waals surface area contributed by atoms with Gasteiger partial charge < -0.3 is 4.74 Å². The van der Waals surface area contributed by atoms with Crippen molar-refractivity contribution in [3.63, 3.8) is 0 Å². The molecule has 0 aromatic heterocycles. The largest absolute Gasteiger partial charge is 0.442 e. The van der Waals surface area contributed by atoms with Crippen LogP contribution >= 0.6 is 0 Å². The van der Waals surface area contributed by atoms with Crippen molar-refractivity contribution in [2.75, 3.05) is 0 Å². The van der Waals surface area contributed by atoms with Crippen molar-refractivity contribution in [3.8, 4) is 11.5 Å². The number of hydrogen-bond donors (Lipinski definition) is 0. The van der Waals surface area contributed by atoms with Gasteiger partial charge in [-0.2, -0.15) is 26.3 Å². The third-order valence-corrected chi connectivity index (χ3v) is 3.79. The van der Waals surface area contributed by atoms with Gasteiger partial charge >= 0.3 is 35.1 Å². The lowest BCUT2D eigenvalue weighted by Gasteiger charge is -2.12. The van der Waals surface area contributed by atoms with E-state index in [2.05, 4.69) is 4.74 Å². The van der Waals surface area contributed by atoms with Crippen molar-refractivity contribution in [2.45, 2.75) is 12.4 Å². The summed E-state index contributed by atoms with van der Waals surface area (Å²) in [4.78, 5) is 37.7. The van der Waals surface area contributed by atoms with Crippen molar-refractivity contribution in [1.82, 2.24) is 0 Å². The molecule has 0 N–H and O–H groups in total. The fourth-order valence-corrected chi connectivity index (χ4v) is 2.59. The standard InChI is InChI=1S/C14H4F6N4O9/c15-13(16,17)5-1-3-7(11(23(29)30)9(5)21(25)26)33-8-4-2-6(14(18,19)20)10(22(27)28)12(8)24(31)32/h1-4H. The molecule has 0 radical (unpaired) electrons. The number of benzene rings is 2. The number of alkyl halides is 6. The van der Waals surface area contributed by atoms with Crippen LogP contribution in [-0.2, 0) is 12.4 Å². The van der Waals surface area contributed by atoms with E-state index in [0.29, 0.717) is 0 Å². The zero-order valence-corrected chi connectivity index (χ0v) is 15.0. The van der Waals surface area contributed by atoms with E-state index < -0.39 is 77.4 Å². The van der Waals surface area contributed by atoms with Crippen LogP contribution in [0.3, 0.4) is 0 Å². The van der Waals surface area contributed by atoms with Crippen molar-refractivity contribution in [1.29, 1.82) is 0 Å². The highest BCUT2D eigenvalue weighted by atomic mass is 19.4. The zero-order valence-electron chi connectivity index (χ0n) is 15.0. The summed E-state index contributed by atoms with van der Waals surface area (Å²) in [5.74, 6) is -2.87. The van der Waals surface area contributed by atoms with Crippen LogP contribution in [0.1, 0.15) is 11.1 Å². The number of hydrogen-bond acceptors (Lipinski definition) is 9. The average molecular weight is 486 g/mol. The van der Waals surface area contributed by atoms with Crippen molar-refractivity contribution < 1.29 is 50.8 Å². The molecule has 176 valence electrons. The Morgan fingerprint density at radius 3 is 1.03 bits per heavy atom. The Bertz CT molecular complexity index is 1100. The van der Waals surface area contributed by atoms with Crippen molar-refractivity contribution in [2.24, 2.45) is 0 Å². The molecule has 2 rings (SSSR count). The highest BCUT2D eigenvalue weighted by molar-refractivity contribution is 5.70. The number of nitrogens with zero attached hydrogens (tertiary/aromatic N) is 4. The summed E-state index contributed by atoms with van der Waals surface area (Å²) >= 11 is 0. The summed E-state index contributed by atoms with van der Waals surface area (Å²) in [5.41, 5.74) is -12.4. The Morgan fingerprint density at radius 2 is 0.818 bits per heavy atom. The van der Waals surface area contributed by atoms with Crippen LogP contribution in [-0.4, -0.2) is 19.7 Å². The maximum absolute atomic E-state index is 13.0. The Hall–Kier alpha value is -4.58. The predicted molar refractivity (Wildman–Crippen MR) is 89.6 cm³/mol. The number of halogens is 6. The van der Waals surface area contributed by atoms with Gasteiger partial charge in [0, 0.05) is 0 Å². The van der Waals surface area contributed by atoms with Gasteiger partial charge in [-0.1, -0.05) is 0 Å². The Balaban J connectivity index is 2.89. The second-order valence-electron chi connectivity index (χ2n) is 5.74. The molecule has 2 aromatic carbocycles. The van der Waals surface area contributed by atoms with Crippen LogP contribution in [0.25, 0.3) is 0 Å². The van der Waals surface area contributed by atoms with Gasteiger partial charge in [0.25, 0.3) is 0 Å².